The number of carbonyl (C=O) groups excluding carboxylic acids is 1. The Kier molecular flexibility index (Phi) is 4.18. The predicted octanol–water partition coefficient (Wildman–Crippen LogP) is 3.00. The lowest BCUT2D eigenvalue weighted by Gasteiger charge is -2.23. The number of carbonyl (C=O) groups is 1. The number of benzene rings is 1. The highest BCUT2D eigenvalue weighted by Gasteiger charge is 2.33. The van der Waals surface area contributed by atoms with Crippen LogP contribution in [0.5, 0.6) is 0 Å². The highest BCUT2D eigenvalue weighted by Crippen LogP contribution is 2.34. The van der Waals surface area contributed by atoms with Crippen molar-refractivity contribution in [1.29, 1.82) is 0 Å². The van der Waals surface area contributed by atoms with Crippen LogP contribution in [-0.2, 0) is 11.2 Å². The van der Waals surface area contributed by atoms with Crippen molar-refractivity contribution in [3.05, 3.63) is 51.9 Å². The van der Waals surface area contributed by atoms with E-state index in [9.17, 15) is 4.79 Å². The normalized spacial score (nSPS) is 19.6. The third-order valence-corrected chi connectivity index (χ3v) is 4.09. The number of rotatable bonds is 3. The summed E-state index contributed by atoms with van der Waals surface area (Å²) in [6.45, 7) is 1.51. The van der Waals surface area contributed by atoms with E-state index >= 15 is 0 Å². The van der Waals surface area contributed by atoms with Gasteiger partial charge in [-0.3, -0.25) is 4.79 Å². The molecule has 0 unspecified atom stereocenters. The summed E-state index contributed by atoms with van der Waals surface area (Å²) in [7, 11) is 0. The Labute approximate surface area is 138 Å². The number of hydrogen-bond donors (Lipinski definition) is 2. The maximum absolute atomic E-state index is 11.5. The lowest BCUT2D eigenvalue weighted by molar-refractivity contribution is -0.119. The zero-order chi connectivity index (χ0) is 15.7. The van der Waals surface area contributed by atoms with Gasteiger partial charge in [0.15, 0.2) is 0 Å². The number of nitrogens with one attached hydrogen (secondary N) is 2. The molecule has 0 bridgehead atoms. The number of aromatic nitrogens is 2. The lowest BCUT2D eigenvalue weighted by atomic mass is 10.1. The molecular formula is C15H14Cl2N4O. The molecule has 0 saturated carbocycles. The average Bonchev–Trinajstić information content (AvgIpc) is 2.80. The SMILES string of the molecule is CC(=O)N[C@@H]1c2ccccc2C[C@H]1Nc1nc(Cl)ncc1Cl. The van der Waals surface area contributed by atoms with E-state index in [0.717, 1.165) is 12.0 Å². The first-order chi connectivity index (χ1) is 10.5. The Balaban J connectivity index is 1.90. The van der Waals surface area contributed by atoms with Gasteiger partial charge in [0, 0.05) is 6.92 Å². The molecule has 1 aliphatic rings. The van der Waals surface area contributed by atoms with Crippen LogP contribution in [0.25, 0.3) is 0 Å². The summed E-state index contributed by atoms with van der Waals surface area (Å²) in [5.74, 6) is 0.384. The quantitative estimate of drug-likeness (QED) is 0.845. The number of halogens is 2. The molecule has 114 valence electrons. The van der Waals surface area contributed by atoms with Crippen LogP contribution in [0.15, 0.2) is 30.5 Å². The first-order valence-corrected chi connectivity index (χ1v) is 7.59. The molecule has 2 aromatic rings. The molecule has 0 spiro atoms. The molecule has 2 atom stereocenters. The van der Waals surface area contributed by atoms with Crippen molar-refractivity contribution in [2.24, 2.45) is 0 Å². The summed E-state index contributed by atoms with van der Waals surface area (Å²) in [4.78, 5) is 19.5. The van der Waals surface area contributed by atoms with Crippen LogP contribution in [0.3, 0.4) is 0 Å². The van der Waals surface area contributed by atoms with Gasteiger partial charge in [-0.1, -0.05) is 35.9 Å². The Morgan fingerprint density at radius 1 is 1.32 bits per heavy atom. The van der Waals surface area contributed by atoms with Gasteiger partial charge < -0.3 is 10.6 Å². The molecule has 1 amide bonds. The van der Waals surface area contributed by atoms with Crippen molar-refractivity contribution in [2.75, 3.05) is 5.32 Å². The van der Waals surface area contributed by atoms with Crippen molar-refractivity contribution in [2.45, 2.75) is 25.4 Å². The molecule has 1 aliphatic carbocycles. The van der Waals surface area contributed by atoms with Gasteiger partial charge in [0.05, 0.1) is 18.3 Å². The minimum atomic E-state index is -0.140. The Morgan fingerprint density at radius 2 is 2.09 bits per heavy atom. The summed E-state index contributed by atoms with van der Waals surface area (Å²) in [6, 6.07) is 7.83. The number of nitrogens with zero attached hydrogens (tertiary/aromatic N) is 2. The minimum absolute atomic E-state index is 0.0511. The molecule has 1 aromatic heterocycles. The Morgan fingerprint density at radius 3 is 2.86 bits per heavy atom. The summed E-state index contributed by atoms with van der Waals surface area (Å²) < 4.78 is 0. The lowest BCUT2D eigenvalue weighted by Crippen LogP contribution is -2.37. The first-order valence-electron chi connectivity index (χ1n) is 6.84. The van der Waals surface area contributed by atoms with E-state index in [4.69, 9.17) is 23.2 Å². The van der Waals surface area contributed by atoms with Crippen LogP contribution >= 0.6 is 23.2 Å². The van der Waals surface area contributed by atoms with Gasteiger partial charge in [-0.05, 0) is 29.1 Å². The van der Waals surface area contributed by atoms with E-state index < -0.39 is 0 Å². The molecule has 0 fully saturated rings. The second kappa shape index (κ2) is 6.10. The first kappa shape index (κ1) is 15.1. The van der Waals surface area contributed by atoms with Crippen molar-refractivity contribution >= 4 is 34.9 Å². The maximum atomic E-state index is 11.5. The van der Waals surface area contributed by atoms with Gasteiger partial charge in [0.25, 0.3) is 0 Å². The third-order valence-electron chi connectivity index (χ3n) is 3.63. The van der Waals surface area contributed by atoms with Gasteiger partial charge >= 0.3 is 0 Å². The molecule has 5 nitrogen and oxygen atoms in total. The van der Waals surface area contributed by atoms with Gasteiger partial charge in [-0.15, -0.1) is 0 Å². The number of fused-ring (bicyclic) bond motifs is 1. The molecule has 2 N–H and O–H groups in total. The molecule has 1 aromatic carbocycles. The van der Waals surface area contributed by atoms with Gasteiger partial charge in [0.2, 0.25) is 11.2 Å². The van der Waals surface area contributed by atoms with Gasteiger partial charge in [-0.2, -0.15) is 4.98 Å². The highest BCUT2D eigenvalue weighted by molar-refractivity contribution is 6.33. The van der Waals surface area contributed by atoms with E-state index in [2.05, 4.69) is 26.7 Å². The predicted molar refractivity (Wildman–Crippen MR) is 86.2 cm³/mol. The molecular weight excluding hydrogens is 323 g/mol. The van der Waals surface area contributed by atoms with E-state index in [1.807, 2.05) is 18.2 Å². The van der Waals surface area contributed by atoms with Crippen LogP contribution in [0, 0.1) is 0 Å². The third kappa shape index (κ3) is 3.00. The smallest absolute Gasteiger partial charge is 0.224 e. The standard InChI is InChI=1S/C15H14Cl2N4O/c1-8(22)19-13-10-5-3-2-4-9(10)6-12(13)20-14-11(16)7-18-15(17)21-14/h2-5,7,12-13H,6H2,1H3,(H,19,22)(H,18,20,21)/t12-,13-/m1/s1. The molecule has 7 heteroatoms. The van der Waals surface area contributed by atoms with Crippen molar-refractivity contribution in [1.82, 2.24) is 15.3 Å². The van der Waals surface area contributed by atoms with E-state index in [0.29, 0.717) is 10.8 Å². The molecule has 0 saturated heterocycles. The second-order valence-corrected chi connectivity index (χ2v) is 5.91. The summed E-state index contributed by atoms with van der Waals surface area (Å²) in [5, 5.41) is 6.77. The van der Waals surface area contributed by atoms with Crippen LogP contribution in [0.1, 0.15) is 24.1 Å². The Hall–Kier alpha value is -1.85. The summed E-state index contributed by atoms with van der Waals surface area (Å²) >= 11 is 11.9. The zero-order valence-corrected chi connectivity index (χ0v) is 13.3. The van der Waals surface area contributed by atoms with Crippen LogP contribution in [-0.4, -0.2) is 21.9 Å². The van der Waals surface area contributed by atoms with Crippen LogP contribution in [0.2, 0.25) is 10.3 Å². The number of anilines is 1. The van der Waals surface area contributed by atoms with Gasteiger partial charge in [-0.25, -0.2) is 4.98 Å². The van der Waals surface area contributed by atoms with Crippen molar-refractivity contribution < 1.29 is 4.79 Å². The molecule has 3 rings (SSSR count). The van der Waals surface area contributed by atoms with E-state index in [1.54, 1.807) is 0 Å². The largest absolute Gasteiger partial charge is 0.363 e. The monoisotopic (exact) mass is 336 g/mol. The summed E-state index contributed by atoms with van der Waals surface area (Å²) in [5.41, 5.74) is 2.29. The fourth-order valence-corrected chi connectivity index (χ4v) is 3.03. The topological polar surface area (TPSA) is 66.9 Å². The average molecular weight is 337 g/mol. The maximum Gasteiger partial charge on any atom is 0.224 e. The van der Waals surface area contributed by atoms with Crippen molar-refractivity contribution in [3.63, 3.8) is 0 Å². The zero-order valence-electron chi connectivity index (χ0n) is 11.8. The number of amides is 1. The molecule has 22 heavy (non-hydrogen) atoms. The molecule has 0 radical (unpaired) electrons. The highest BCUT2D eigenvalue weighted by atomic mass is 35.5. The minimum Gasteiger partial charge on any atom is -0.363 e. The fourth-order valence-electron chi connectivity index (χ4n) is 2.75. The van der Waals surface area contributed by atoms with Gasteiger partial charge in [0.1, 0.15) is 10.8 Å². The fraction of sp³-hybridized carbons (Fsp3) is 0.267. The Bertz CT molecular complexity index is 722. The van der Waals surface area contributed by atoms with Crippen LogP contribution in [0.4, 0.5) is 5.82 Å². The van der Waals surface area contributed by atoms with E-state index in [1.165, 1.54) is 18.7 Å². The molecule has 1 heterocycles. The summed E-state index contributed by atoms with van der Waals surface area (Å²) in [6.07, 6.45) is 2.22. The van der Waals surface area contributed by atoms with E-state index in [-0.39, 0.29) is 23.3 Å². The van der Waals surface area contributed by atoms with Crippen LogP contribution < -0.4 is 10.6 Å². The molecule has 0 aliphatic heterocycles. The van der Waals surface area contributed by atoms with Crippen molar-refractivity contribution in [3.8, 4) is 0 Å². The number of hydrogen-bond acceptors (Lipinski definition) is 4. The second-order valence-electron chi connectivity index (χ2n) is 5.17.